The molecule has 28 heavy (non-hydrogen) atoms. The molecule has 4 rings (SSSR count). The molecule has 1 fully saturated rings. The minimum absolute atomic E-state index is 0.0635. The molecule has 0 aromatic heterocycles. The number of carbonyl (C=O) groups excluding carboxylic acids is 1. The molecule has 2 aliphatic heterocycles. The second-order valence-electron chi connectivity index (χ2n) is 7.41. The van der Waals surface area contributed by atoms with Crippen LogP contribution in [0.3, 0.4) is 0 Å². The Bertz CT molecular complexity index is 1000. The minimum atomic E-state index is -3.97. The number of likely N-dealkylation sites (tertiary alicyclic amines) is 1. The highest BCUT2D eigenvalue weighted by atomic mass is 35.5. The third-order valence-corrected chi connectivity index (χ3v) is 6.92. The molecule has 0 aliphatic carbocycles. The molecule has 148 valence electrons. The maximum absolute atomic E-state index is 12.9. The molecule has 0 unspecified atom stereocenters. The number of carbonyl (C=O) groups is 1. The number of halogens is 1. The number of nitrogens with zero attached hydrogens (tertiary/aromatic N) is 2. The van der Waals surface area contributed by atoms with Crippen molar-refractivity contribution in [2.45, 2.75) is 36.9 Å². The van der Waals surface area contributed by atoms with Gasteiger partial charge in [-0.05, 0) is 36.1 Å². The van der Waals surface area contributed by atoms with Gasteiger partial charge in [0.25, 0.3) is 5.91 Å². The highest BCUT2D eigenvalue weighted by molar-refractivity contribution is 7.89. The van der Waals surface area contributed by atoms with Crippen LogP contribution in [0.4, 0.5) is 0 Å². The lowest BCUT2D eigenvalue weighted by Crippen LogP contribution is -2.44. The molecule has 0 bridgehead atoms. The van der Waals surface area contributed by atoms with E-state index in [9.17, 15) is 13.2 Å². The predicted molar refractivity (Wildman–Crippen MR) is 107 cm³/mol. The number of piperidine rings is 1. The molecule has 2 heterocycles. The molecule has 2 aliphatic rings. The number of hydrogen-bond acceptors (Lipinski definition) is 4. The summed E-state index contributed by atoms with van der Waals surface area (Å²) in [6, 6.07) is 13.4. The van der Waals surface area contributed by atoms with Crippen molar-refractivity contribution >= 4 is 27.5 Å². The summed E-state index contributed by atoms with van der Waals surface area (Å²) in [4.78, 5) is 16.9. The van der Waals surface area contributed by atoms with Crippen LogP contribution in [0, 0.1) is 0 Å². The Morgan fingerprint density at radius 3 is 2.43 bits per heavy atom. The molecule has 0 saturated carbocycles. The van der Waals surface area contributed by atoms with E-state index in [2.05, 4.69) is 17.0 Å². The van der Waals surface area contributed by atoms with Crippen LogP contribution in [-0.2, 0) is 23.1 Å². The van der Waals surface area contributed by atoms with E-state index in [0.29, 0.717) is 12.1 Å². The zero-order valence-electron chi connectivity index (χ0n) is 15.3. The van der Waals surface area contributed by atoms with E-state index in [-0.39, 0.29) is 21.9 Å². The first-order valence-electron chi connectivity index (χ1n) is 9.25. The molecular weight excluding hydrogens is 398 g/mol. The molecule has 1 saturated heterocycles. The van der Waals surface area contributed by atoms with Crippen molar-refractivity contribution in [3.05, 3.63) is 64.2 Å². The number of hydrogen-bond donors (Lipinski definition) is 1. The number of nitrogens with two attached hydrogens (primary N) is 1. The van der Waals surface area contributed by atoms with E-state index in [0.717, 1.165) is 38.0 Å². The maximum Gasteiger partial charge on any atom is 0.254 e. The first-order valence-corrected chi connectivity index (χ1v) is 11.2. The van der Waals surface area contributed by atoms with Crippen LogP contribution in [0.15, 0.2) is 47.4 Å². The van der Waals surface area contributed by atoms with Crippen molar-refractivity contribution in [3.8, 4) is 0 Å². The minimum Gasteiger partial charge on any atom is -0.331 e. The van der Waals surface area contributed by atoms with Crippen molar-refractivity contribution < 1.29 is 13.2 Å². The molecule has 2 aromatic carbocycles. The predicted octanol–water partition coefficient (Wildman–Crippen LogP) is 2.61. The van der Waals surface area contributed by atoms with Crippen molar-refractivity contribution in [3.63, 3.8) is 0 Å². The quantitative estimate of drug-likeness (QED) is 0.825. The number of primary sulfonamides is 1. The smallest absolute Gasteiger partial charge is 0.254 e. The van der Waals surface area contributed by atoms with Crippen molar-refractivity contribution in [1.82, 2.24) is 9.80 Å². The van der Waals surface area contributed by atoms with Gasteiger partial charge in [0, 0.05) is 37.8 Å². The highest BCUT2D eigenvalue weighted by Crippen LogP contribution is 2.33. The van der Waals surface area contributed by atoms with Gasteiger partial charge in [0.1, 0.15) is 4.90 Å². The van der Waals surface area contributed by atoms with E-state index >= 15 is 0 Å². The Labute approximate surface area is 169 Å². The van der Waals surface area contributed by atoms with Crippen molar-refractivity contribution in [2.75, 3.05) is 13.1 Å². The van der Waals surface area contributed by atoms with Crippen LogP contribution in [0.5, 0.6) is 0 Å². The van der Waals surface area contributed by atoms with Gasteiger partial charge in [-0.25, -0.2) is 13.6 Å². The fraction of sp³-hybridized carbons (Fsp3) is 0.350. The second-order valence-corrected chi connectivity index (χ2v) is 9.35. The zero-order valence-corrected chi connectivity index (χ0v) is 16.9. The average molecular weight is 420 g/mol. The Kier molecular flexibility index (Phi) is 5.18. The van der Waals surface area contributed by atoms with Crippen LogP contribution in [0.25, 0.3) is 0 Å². The number of amides is 1. The maximum atomic E-state index is 12.9. The number of benzene rings is 2. The Balaban J connectivity index is 1.44. The summed E-state index contributed by atoms with van der Waals surface area (Å²) in [6.07, 6.45) is 1.78. The Morgan fingerprint density at radius 1 is 1.11 bits per heavy atom. The molecule has 8 heteroatoms. The lowest BCUT2D eigenvalue weighted by molar-refractivity contribution is 0.0590. The molecule has 0 radical (unpaired) electrons. The Morgan fingerprint density at radius 2 is 1.79 bits per heavy atom. The van der Waals surface area contributed by atoms with Gasteiger partial charge in [-0.15, -0.1) is 0 Å². The molecule has 0 atom stereocenters. The fourth-order valence-corrected chi connectivity index (χ4v) is 5.20. The van der Waals surface area contributed by atoms with Gasteiger partial charge < -0.3 is 4.90 Å². The average Bonchev–Trinajstić information content (AvgIpc) is 2.97. The molecular formula is C20H22ClN3O3S. The molecule has 0 spiro atoms. The summed E-state index contributed by atoms with van der Waals surface area (Å²) in [5.74, 6) is -0.141. The highest BCUT2D eigenvalue weighted by Gasteiger charge is 2.35. The molecule has 2 N–H and O–H groups in total. The number of sulfonamides is 1. The van der Waals surface area contributed by atoms with Crippen LogP contribution in [0.1, 0.15) is 34.3 Å². The monoisotopic (exact) mass is 419 g/mol. The van der Waals surface area contributed by atoms with E-state index in [1.807, 2.05) is 23.1 Å². The molecule has 1 amide bonds. The summed E-state index contributed by atoms with van der Waals surface area (Å²) in [6.45, 7) is 3.21. The van der Waals surface area contributed by atoms with Gasteiger partial charge in [-0.2, -0.15) is 0 Å². The van der Waals surface area contributed by atoms with Gasteiger partial charge in [0.05, 0.1) is 5.02 Å². The van der Waals surface area contributed by atoms with Gasteiger partial charge in [-0.1, -0.05) is 41.9 Å². The van der Waals surface area contributed by atoms with E-state index in [1.54, 1.807) is 6.07 Å². The fourth-order valence-electron chi connectivity index (χ4n) is 4.08. The lowest BCUT2D eigenvalue weighted by atomic mass is 10.0. The number of rotatable bonds is 4. The van der Waals surface area contributed by atoms with Gasteiger partial charge in [-0.3, -0.25) is 9.69 Å². The van der Waals surface area contributed by atoms with Crippen molar-refractivity contribution in [2.24, 2.45) is 5.14 Å². The summed E-state index contributed by atoms with van der Waals surface area (Å²) in [5.41, 5.74) is 2.44. The van der Waals surface area contributed by atoms with Crippen LogP contribution in [-0.4, -0.2) is 43.3 Å². The second kappa shape index (κ2) is 7.48. The summed E-state index contributed by atoms with van der Waals surface area (Å²) in [5, 5.41) is 5.27. The molecule has 2 aromatic rings. The summed E-state index contributed by atoms with van der Waals surface area (Å²) in [7, 11) is -3.97. The van der Waals surface area contributed by atoms with Crippen molar-refractivity contribution in [1.29, 1.82) is 0 Å². The zero-order chi connectivity index (χ0) is 19.9. The molecule has 6 nitrogen and oxygen atoms in total. The van der Waals surface area contributed by atoms with Crippen LogP contribution >= 0.6 is 11.6 Å². The van der Waals surface area contributed by atoms with Gasteiger partial charge in [0.2, 0.25) is 10.0 Å². The lowest BCUT2D eigenvalue weighted by Gasteiger charge is -2.36. The standard InChI is InChI=1S/C20H22ClN3O3S/c21-18-10-15-13-24(20(25)17(15)11-19(18)28(22,26)27)16-6-8-23(9-7-16)12-14-4-2-1-3-5-14/h1-5,10-11,16H,6-9,12-13H2,(H2,22,26,27). The van der Waals surface area contributed by atoms with E-state index < -0.39 is 10.0 Å². The first-order chi connectivity index (χ1) is 13.3. The van der Waals surface area contributed by atoms with Gasteiger partial charge >= 0.3 is 0 Å². The normalized spacial score (nSPS) is 18.5. The Hall–Kier alpha value is -1.93. The van der Waals surface area contributed by atoms with E-state index in [1.165, 1.54) is 11.6 Å². The van der Waals surface area contributed by atoms with Crippen LogP contribution in [0.2, 0.25) is 5.02 Å². The largest absolute Gasteiger partial charge is 0.331 e. The van der Waals surface area contributed by atoms with Gasteiger partial charge in [0.15, 0.2) is 0 Å². The van der Waals surface area contributed by atoms with Crippen LogP contribution < -0.4 is 5.14 Å². The number of fused-ring (bicyclic) bond motifs is 1. The first kappa shape index (κ1) is 19.4. The SMILES string of the molecule is NS(=O)(=O)c1cc2c(cc1Cl)CN(C1CCN(Cc3ccccc3)CC1)C2=O. The summed E-state index contributed by atoms with van der Waals surface area (Å²) < 4.78 is 23.4. The topological polar surface area (TPSA) is 83.7 Å². The third kappa shape index (κ3) is 3.80. The third-order valence-electron chi connectivity index (χ3n) is 5.54. The summed E-state index contributed by atoms with van der Waals surface area (Å²) >= 11 is 6.07. The van der Waals surface area contributed by atoms with E-state index in [4.69, 9.17) is 16.7 Å².